The largest absolute Gasteiger partial charge is 0.314 e. The van der Waals surface area contributed by atoms with Crippen molar-refractivity contribution in [3.05, 3.63) is 34.9 Å². The van der Waals surface area contributed by atoms with Crippen LogP contribution in [0.25, 0.3) is 0 Å². The maximum Gasteiger partial charge on any atom is 0.138 e. The van der Waals surface area contributed by atoms with Crippen LogP contribution in [0.15, 0.2) is 18.2 Å². The number of hydrogen-bond acceptors (Lipinski definition) is 2. The number of carbonyl (C=O) groups is 1. The van der Waals surface area contributed by atoms with E-state index in [0.717, 1.165) is 6.54 Å². The van der Waals surface area contributed by atoms with Crippen LogP contribution in [-0.2, 0) is 11.2 Å². The molecule has 0 amide bonds. The van der Waals surface area contributed by atoms with Gasteiger partial charge in [-0.15, -0.1) is 0 Å². The van der Waals surface area contributed by atoms with Gasteiger partial charge in [0.25, 0.3) is 0 Å². The summed E-state index contributed by atoms with van der Waals surface area (Å²) in [4.78, 5) is 12.0. The molecule has 0 aliphatic heterocycles. The average Bonchev–Trinajstić information content (AvgIpc) is 2.24. The Morgan fingerprint density at radius 1 is 1.29 bits per heavy atom. The van der Waals surface area contributed by atoms with Crippen molar-refractivity contribution in [1.82, 2.24) is 5.32 Å². The van der Waals surface area contributed by atoms with E-state index in [1.165, 1.54) is 16.7 Å². The normalized spacial score (nSPS) is 12.5. The third-order valence-corrected chi connectivity index (χ3v) is 3.10. The molecule has 0 fully saturated rings. The summed E-state index contributed by atoms with van der Waals surface area (Å²) in [7, 11) is 0. The fourth-order valence-corrected chi connectivity index (χ4v) is 2.16. The Morgan fingerprint density at radius 2 is 1.88 bits per heavy atom. The monoisotopic (exact) mass is 233 g/mol. The van der Waals surface area contributed by atoms with E-state index in [-0.39, 0.29) is 6.04 Å². The van der Waals surface area contributed by atoms with Crippen LogP contribution in [0, 0.1) is 13.8 Å². The smallest absolute Gasteiger partial charge is 0.138 e. The van der Waals surface area contributed by atoms with E-state index in [0.29, 0.717) is 18.6 Å². The standard InChI is InChI=1S/C15H23NO/c1-5-16-13(4)9-14(17)10-15-11(2)7-6-8-12(15)3/h6-8,13,16H,5,9-10H2,1-4H3. The molecule has 0 aliphatic carbocycles. The van der Waals surface area contributed by atoms with E-state index in [9.17, 15) is 4.79 Å². The Balaban J connectivity index is 2.62. The lowest BCUT2D eigenvalue weighted by Crippen LogP contribution is -2.28. The zero-order valence-electron chi connectivity index (χ0n) is 11.3. The van der Waals surface area contributed by atoms with E-state index in [2.05, 4.69) is 45.1 Å². The Morgan fingerprint density at radius 3 is 2.41 bits per heavy atom. The van der Waals surface area contributed by atoms with E-state index in [1.54, 1.807) is 0 Å². The maximum atomic E-state index is 12.0. The Labute approximate surface area is 104 Å². The molecule has 0 saturated heterocycles. The third kappa shape index (κ3) is 4.31. The van der Waals surface area contributed by atoms with Gasteiger partial charge in [-0.05, 0) is 44.0 Å². The van der Waals surface area contributed by atoms with Crippen molar-refractivity contribution >= 4 is 5.78 Å². The molecule has 1 aromatic carbocycles. The molecule has 0 aliphatic rings. The lowest BCUT2D eigenvalue weighted by molar-refractivity contribution is -0.118. The number of Topliss-reactive ketones (excluding diaryl/α,β-unsaturated/α-hetero) is 1. The summed E-state index contributed by atoms with van der Waals surface area (Å²) in [6.45, 7) is 9.18. The first-order valence-electron chi connectivity index (χ1n) is 6.34. The van der Waals surface area contributed by atoms with Crippen LogP contribution in [0.5, 0.6) is 0 Å². The van der Waals surface area contributed by atoms with Crippen molar-refractivity contribution in [3.8, 4) is 0 Å². The van der Waals surface area contributed by atoms with Gasteiger partial charge < -0.3 is 5.32 Å². The van der Waals surface area contributed by atoms with Crippen molar-refractivity contribution in [2.45, 2.75) is 46.6 Å². The Hall–Kier alpha value is -1.15. The SMILES string of the molecule is CCNC(C)CC(=O)Cc1c(C)cccc1C. The van der Waals surface area contributed by atoms with E-state index in [4.69, 9.17) is 0 Å². The second-order valence-corrected chi connectivity index (χ2v) is 4.75. The zero-order chi connectivity index (χ0) is 12.8. The predicted octanol–water partition coefficient (Wildman–Crippen LogP) is 2.80. The van der Waals surface area contributed by atoms with Gasteiger partial charge in [-0.1, -0.05) is 25.1 Å². The summed E-state index contributed by atoms with van der Waals surface area (Å²) >= 11 is 0. The highest BCUT2D eigenvalue weighted by atomic mass is 16.1. The number of rotatable bonds is 6. The highest BCUT2D eigenvalue weighted by Gasteiger charge is 2.11. The quantitative estimate of drug-likeness (QED) is 0.818. The molecule has 2 nitrogen and oxygen atoms in total. The summed E-state index contributed by atoms with van der Waals surface area (Å²) in [5, 5.41) is 3.27. The Kier molecular flexibility index (Phi) is 5.36. The molecule has 0 radical (unpaired) electrons. The molecule has 1 N–H and O–H groups in total. The number of hydrogen-bond donors (Lipinski definition) is 1. The molecule has 0 bridgehead atoms. The molecule has 1 aromatic rings. The van der Waals surface area contributed by atoms with Gasteiger partial charge in [-0.25, -0.2) is 0 Å². The maximum absolute atomic E-state index is 12.0. The number of carbonyl (C=O) groups excluding carboxylic acids is 1. The number of nitrogens with one attached hydrogen (secondary N) is 1. The summed E-state index contributed by atoms with van der Waals surface area (Å²) in [5.74, 6) is 0.316. The highest BCUT2D eigenvalue weighted by Crippen LogP contribution is 2.15. The molecular formula is C15H23NO. The number of ketones is 1. The summed E-state index contributed by atoms with van der Waals surface area (Å²) < 4.78 is 0. The molecule has 0 aromatic heterocycles. The van der Waals surface area contributed by atoms with E-state index >= 15 is 0 Å². The zero-order valence-corrected chi connectivity index (χ0v) is 11.3. The third-order valence-electron chi connectivity index (χ3n) is 3.10. The van der Waals surface area contributed by atoms with Gasteiger partial charge in [0.05, 0.1) is 0 Å². The molecule has 2 heteroatoms. The molecule has 0 saturated carbocycles. The van der Waals surface area contributed by atoms with Gasteiger partial charge in [0.2, 0.25) is 0 Å². The second-order valence-electron chi connectivity index (χ2n) is 4.75. The minimum atomic E-state index is 0.275. The number of aryl methyl sites for hydroxylation is 2. The van der Waals surface area contributed by atoms with E-state index in [1.807, 2.05) is 6.07 Å². The Bertz CT molecular complexity index is 364. The lowest BCUT2D eigenvalue weighted by atomic mass is 9.96. The van der Waals surface area contributed by atoms with Crippen LogP contribution >= 0.6 is 0 Å². The molecule has 94 valence electrons. The molecule has 17 heavy (non-hydrogen) atoms. The van der Waals surface area contributed by atoms with E-state index < -0.39 is 0 Å². The average molecular weight is 233 g/mol. The van der Waals surface area contributed by atoms with Crippen molar-refractivity contribution < 1.29 is 4.79 Å². The molecule has 1 atom stereocenters. The summed E-state index contributed by atoms with van der Waals surface area (Å²) in [6, 6.07) is 6.46. The fraction of sp³-hybridized carbons (Fsp3) is 0.533. The van der Waals surface area contributed by atoms with Gasteiger partial charge in [0.1, 0.15) is 5.78 Å². The van der Waals surface area contributed by atoms with Crippen molar-refractivity contribution in [2.24, 2.45) is 0 Å². The molecule has 0 heterocycles. The predicted molar refractivity (Wildman–Crippen MR) is 72.4 cm³/mol. The van der Waals surface area contributed by atoms with Crippen LogP contribution in [0.4, 0.5) is 0 Å². The summed E-state index contributed by atoms with van der Waals surface area (Å²) in [6.07, 6.45) is 1.18. The lowest BCUT2D eigenvalue weighted by Gasteiger charge is -2.13. The van der Waals surface area contributed by atoms with Gasteiger partial charge in [-0.3, -0.25) is 4.79 Å². The topological polar surface area (TPSA) is 29.1 Å². The second kappa shape index (κ2) is 6.55. The van der Waals surface area contributed by atoms with Crippen LogP contribution in [0.3, 0.4) is 0 Å². The molecule has 0 spiro atoms. The minimum absolute atomic E-state index is 0.275. The van der Waals surface area contributed by atoms with Crippen molar-refractivity contribution in [1.29, 1.82) is 0 Å². The first-order chi connectivity index (χ1) is 8.04. The first-order valence-corrected chi connectivity index (χ1v) is 6.34. The van der Waals surface area contributed by atoms with Crippen LogP contribution < -0.4 is 5.32 Å². The van der Waals surface area contributed by atoms with Crippen LogP contribution in [0.2, 0.25) is 0 Å². The van der Waals surface area contributed by atoms with Gasteiger partial charge >= 0.3 is 0 Å². The molecular weight excluding hydrogens is 210 g/mol. The van der Waals surface area contributed by atoms with Crippen molar-refractivity contribution in [3.63, 3.8) is 0 Å². The number of benzene rings is 1. The first kappa shape index (κ1) is 13.9. The van der Waals surface area contributed by atoms with Gasteiger partial charge in [0.15, 0.2) is 0 Å². The molecule has 1 unspecified atom stereocenters. The van der Waals surface area contributed by atoms with Gasteiger partial charge in [0, 0.05) is 18.9 Å². The van der Waals surface area contributed by atoms with Crippen molar-refractivity contribution in [2.75, 3.05) is 6.54 Å². The van der Waals surface area contributed by atoms with Crippen LogP contribution in [-0.4, -0.2) is 18.4 Å². The van der Waals surface area contributed by atoms with Gasteiger partial charge in [-0.2, -0.15) is 0 Å². The highest BCUT2D eigenvalue weighted by molar-refractivity contribution is 5.82. The fourth-order valence-electron chi connectivity index (χ4n) is 2.16. The van der Waals surface area contributed by atoms with Crippen LogP contribution in [0.1, 0.15) is 37.0 Å². The summed E-state index contributed by atoms with van der Waals surface area (Å²) in [5.41, 5.74) is 3.63. The molecule has 1 rings (SSSR count). The minimum Gasteiger partial charge on any atom is -0.314 e.